The summed E-state index contributed by atoms with van der Waals surface area (Å²) in [5.41, 5.74) is 5.32. The highest BCUT2D eigenvalue weighted by atomic mass is 32.1. The highest BCUT2D eigenvalue weighted by Crippen LogP contribution is 2.17. The summed E-state index contributed by atoms with van der Waals surface area (Å²) in [6.45, 7) is 4.65. The molecule has 0 bridgehead atoms. The third kappa shape index (κ3) is 2.85. The zero-order valence-corrected chi connectivity index (χ0v) is 14.2. The summed E-state index contributed by atoms with van der Waals surface area (Å²) in [5, 5.41) is 21.2. The molecule has 24 heavy (non-hydrogen) atoms. The van der Waals surface area contributed by atoms with Crippen LogP contribution in [0.3, 0.4) is 0 Å². The zero-order valence-electron chi connectivity index (χ0n) is 13.4. The molecule has 0 radical (unpaired) electrons. The average Bonchev–Trinajstić information content (AvgIpc) is 3.29. The summed E-state index contributed by atoms with van der Waals surface area (Å²) in [6.07, 6.45) is 0. The van der Waals surface area contributed by atoms with Crippen LogP contribution in [0.25, 0.3) is 17.1 Å². The number of hydrogen-bond donors (Lipinski definition) is 0. The highest BCUT2D eigenvalue weighted by Gasteiger charge is 2.07. The number of tetrazole rings is 1. The first kappa shape index (κ1) is 14.8. The first-order chi connectivity index (χ1) is 11.7. The Balaban J connectivity index is 1.52. The summed E-state index contributed by atoms with van der Waals surface area (Å²) in [6, 6.07) is 12.3. The van der Waals surface area contributed by atoms with Crippen molar-refractivity contribution in [3.05, 3.63) is 64.1 Å². The maximum atomic E-state index is 4.50. The second-order valence-electron chi connectivity index (χ2n) is 5.66. The van der Waals surface area contributed by atoms with Crippen molar-refractivity contribution in [1.82, 2.24) is 30.0 Å². The SMILES string of the molecule is Cc1cc(C)n(-c2ccc(Cn3nnc(-c4ccsc4)n3)cc2)n1. The van der Waals surface area contributed by atoms with Crippen LogP contribution in [0.2, 0.25) is 0 Å². The van der Waals surface area contributed by atoms with E-state index in [1.54, 1.807) is 16.1 Å². The van der Waals surface area contributed by atoms with E-state index in [1.807, 2.05) is 28.4 Å². The fourth-order valence-corrected chi connectivity index (χ4v) is 3.25. The second-order valence-corrected chi connectivity index (χ2v) is 6.44. The summed E-state index contributed by atoms with van der Waals surface area (Å²) in [7, 11) is 0. The van der Waals surface area contributed by atoms with E-state index in [9.17, 15) is 0 Å². The molecular formula is C17H16N6S. The van der Waals surface area contributed by atoms with E-state index in [2.05, 4.69) is 57.8 Å². The van der Waals surface area contributed by atoms with Gasteiger partial charge >= 0.3 is 0 Å². The lowest BCUT2D eigenvalue weighted by Gasteiger charge is -2.06. The van der Waals surface area contributed by atoms with Crippen molar-refractivity contribution >= 4 is 11.3 Å². The number of rotatable bonds is 4. The first-order valence-electron chi connectivity index (χ1n) is 7.62. The minimum Gasteiger partial charge on any atom is -0.238 e. The van der Waals surface area contributed by atoms with Crippen molar-refractivity contribution in [1.29, 1.82) is 0 Å². The van der Waals surface area contributed by atoms with Crippen molar-refractivity contribution in [2.24, 2.45) is 0 Å². The summed E-state index contributed by atoms with van der Waals surface area (Å²) < 4.78 is 1.95. The molecule has 6 nitrogen and oxygen atoms in total. The molecule has 3 aromatic heterocycles. The molecule has 0 spiro atoms. The lowest BCUT2D eigenvalue weighted by molar-refractivity contribution is 0.572. The number of aryl methyl sites for hydroxylation is 2. The Morgan fingerprint density at radius 2 is 1.88 bits per heavy atom. The van der Waals surface area contributed by atoms with Gasteiger partial charge in [0.1, 0.15) is 0 Å². The molecule has 0 fully saturated rings. The van der Waals surface area contributed by atoms with E-state index in [0.717, 1.165) is 28.2 Å². The third-order valence-corrected chi connectivity index (χ3v) is 4.43. The van der Waals surface area contributed by atoms with Crippen LogP contribution in [0.5, 0.6) is 0 Å². The number of hydrogen-bond acceptors (Lipinski definition) is 5. The molecule has 7 heteroatoms. The van der Waals surface area contributed by atoms with Gasteiger partial charge in [-0.2, -0.15) is 21.2 Å². The minimum atomic E-state index is 0.592. The quantitative estimate of drug-likeness (QED) is 0.574. The maximum Gasteiger partial charge on any atom is 0.205 e. The predicted octanol–water partition coefficient (Wildman–Crippen LogP) is 3.25. The molecular weight excluding hydrogens is 320 g/mol. The largest absolute Gasteiger partial charge is 0.238 e. The molecule has 0 unspecified atom stereocenters. The van der Waals surface area contributed by atoms with Crippen LogP contribution in [0.1, 0.15) is 17.0 Å². The van der Waals surface area contributed by atoms with Crippen molar-refractivity contribution in [3.63, 3.8) is 0 Å². The van der Waals surface area contributed by atoms with Crippen LogP contribution in [0.15, 0.2) is 47.2 Å². The Bertz CT molecular complexity index is 950. The van der Waals surface area contributed by atoms with Crippen molar-refractivity contribution in [3.8, 4) is 17.1 Å². The molecule has 0 saturated carbocycles. The van der Waals surface area contributed by atoms with Crippen LogP contribution in [0.4, 0.5) is 0 Å². The van der Waals surface area contributed by atoms with E-state index >= 15 is 0 Å². The minimum absolute atomic E-state index is 0.592. The summed E-state index contributed by atoms with van der Waals surface area (Å²) in [5.74, 6) is 0.663. The Morgan fingerprint density at radius 1 is 1.04 bits per heavy atom. The predicted molar refractivity (Wildman–Crippen MR) is 93.3 cm³/mol. The molecule has 120 valence electrons. The fraction of sp³-hybridized carbons (Fsp3) is 0.176. The van der Waals surface area contributed by atoms with Gasteiger partial charge in [-0.3, -0.25) is 0 Å². The van der Waals surface area contributed by atoms with Gasteiger partial charge in [0.25, 0.3) is 0 Å². The van der Waals surface area contributed by atoms with Crippen LogP contribution < -0.4 is 0 Å². The van der Waals surface area contributed by atoms with E-state index in [0.29, 0.717) is 12.4 Å². The Labute approximate surface area is 143 Å². The number of thiophene rings is 1. The fourth-order valence-electron chi connectivity index (χ4n) is 2.61. The summed E-state index contributed by atoms with van der Waals surface area (Å²) >= 11 is 1.62. The van der Waals surface area contributed by atoms with Crippen LogP contribution in [0, 0.1) is 13.8 Å². The van der Waals surface area contributed by atoms with Crippen molar-refractivity contribution in [2.45, 2.75) is 20.4 Å². The average molecular weight is 336 g/mol. The van der Waals surface area contributed by atoms with Gasteiger partial charge in [-0.15, -0.1) is 10.2 Å². The van der Waals surface area contributed by atoms with Gasteiger partial charge in [0.05, 0.1) is 17.9 Å². The smallest absolute Gasteiger partial charge is 0.205 e. The molecule has 0 aliphatic heterocycles. The first-order valence-corrected chi connectivity index (χ1v) is 8.56. The van der Waals surface area contributed by atoms with Gasteiger partial charge in [-0.1, -0.05) is 12.1 Å². The van der Waals surface area contributed by atoms with Crippen LogP contribution in [-0.4, -0.2) is 30.0 Å². The molecule has 3 heterocycles. The lowest BCUT2D eigenvalue weighted by Crippen LogP contribution is -2.05. The van der Waals surface area contributed by atoms with Crippen molar-refractivity contribution in [2.75, 3.05) is 0 Å². The molecule has 0 amide bonds. The monoisotopic (exact) mass is 336 g/mol. The molecule has 1 aromatic carbocycles. The molecule has 4 rings (SSSR count). The molecule has 0 atom stereocenters. The number of nitrogens with zero attached hydrogens (tertiary/aromatic N) is 6. The van der Waals surface area contributed by atoms with Gasteiger partial charge in [0.2, 0.25) is 5.82 Å². The van der Waals surface area contributed by atoms with Gasteiger partial charge in [0, 0.05) is 16.6 Å². The zero-order chi connectivity index (χ0) is 16.5. The lowest BCUT2D eigenvalue weighted by atomic mass is 10.2. The maximum absolute atomic E-state index is 4.50. The second kappa shape index (κ2) is 6.01. The van der Waals surface area contributed by atoms with E-state index < -0.39 is 0 Å². The van der Waals surface area contributed by atoms with Crippen LogP contribution >= 0.6 is 11.3 Å². The van der Waals surface area contributed by atoms with Gasteiger partial charge in [-0.25, -0.2) is 4.68 Å². The van der Waals surface area contributed by atoms with Gasteiger partial charge in [0.15, 0.2) is 0 Å². The standard InChI is InChI=1S/C17H16N6S/c1-12-9-13(2)23(19-12)16-5-3-14(4-6-16)10-22-20-17(18-21-22)15-7-8-24-11-15/h3-9,11H,10H2,1-2H3. The molecule has 4 aromatic rings. The Kier molecular flexibility index (Phi) is 3.70. The topological polar surface area (TPSA) is 61.4 Å². The Morgan fingerprint density at radius 3 is 2.54 bits per heavy atom. The normalized spacial score (nSPS) is 11.1. The number of benzene rings is 1. The Hall–Kier alpha value is -2.80. The van der Waals surface area contributed by atoms with Gasteiger partial charge < -0.3 is 0 Å². The van der Waals surface area contributed by atoms with Crippen molar-refractivity contribution < 1.29 is 0 Å². The van der Waals surface area contributed by atoms with E-state index in [-0.39, 0.29) is 0 Å². The van der Waals surface area contributed by atoms with Gasteiger partial charge in [-0.05, 0) is 54.3 Å². The molecule has 0 saturated heterocycles. The third-order valence-electron chi connectivity index (χ3n) is 3.75. The highest BCUT2D eigenvalue weighted by molar-refractivity contribution is 7.08. The molecule has 0 N–H and O–H groups in total. The summed E-state index contributed by atoms with van der Waals surface area (Å²) in [4.78, 5) is 1.62. The molecule has 0 aliphatic carbocycles. The van der Waals surface area contributed by atoms with E-state index in [4.69, 9.17) is 0 Å². The van der Waals surface area contributed by atoms with Crippen LogP contribution in [-0.2, 0) is 6.54 Å². The number of aromatic nitrogens is 6. The molecule has 0 aliphatic rings. The van der Waals surface area contributed by atoms with E-state index in [1.165, 1.54) is 0 Å².